The minimum Gasteiger partial charge on any atom is -0.347 e. The number of carbonyl (C=O) groups is 2. The Morgan fingerprint density at radius 1 is 1.21 bits per heavy atom. The van der Waals surface area contributed by atoms with Gasteiger partial charge in [-0.2, -0.15) is 0 Å². The lowest BCUT2D eigenvalue weighted by Crippen LogP contribution is -2.82. The van der Waals surface area contributed by atoms with Crippen LogP contribution in [0, 0.1) is 11.3 Å². The zero-order valence-electron chi connectivity index (χ0n) is 20.7. The Hall–Kier alpha value is -2.14. The highest BCUT2D eigenvalue weighted by Crippen LogP contribution is 2.70. The number of nitrogens with one attached hydrogen (secondary N) is 2. The highest BCUT2D eigenvalue weighted by atomic mass is 16.2. The van der Waals surface area contributed by atoms with Crippen molar-refractivity contribution in [2.75, 3.05) is 11.9 Å². The molecule has 5 aliphatic heterocycles. The van der Waals surface area contributed by atoms with Gasteiger partial charge in [0.05, 0.1) is 11.0 Å². The number of amides is 2. The minimum absolute atomic E-state index is 0.122. The number of allylic oxidation sites excluding steroid dienone is 2. The molecule has 176 valence electrons. The molecule has 5 unspecified atom stereocenters. The fourth-order valence-electron chi connectivity index (χ4n) is 8.60. The molecule has 5 heterocycles. The van der Waals surface area contributed by atoms with Crippen molar-refractivity contribution in [1.29, 1.82) is 0 Å². The van der Waals surface area contributed by atoms with Gasteiger partial charge < -0.3 is 10.6 Å². The number of fused-ring (bicyclic) bond motifs is 3. The van der Waals surface area contributed by atoms with E-state index < -0.39 is 11.0 Å². The SMILES string of the molecule is CC(C)=CCc1cccc2c1NC(=O)C21CC23CN4C(C)CCCC4(CC2C1(C)C)C(=O)N3. The molecule has 5 heteroatoms. The average Bonchev–Trinajstić information content (AvgIpc) is 3.15. The maximum atomic E-state index is 14.0. The number of para-hydroxylation sites is 1. The lowest BCUT2D eigenvalue weighted by molar-refractivity contribution is -0.173. The summed E-state index contributed by atoms with van der Waals surface area (Å²) in [4.78, 5) is 30.1. The van der Waals surface area contributed by atoms with Gasteiger partial charge in [-0.25, -0.2) is 0 Å². The molecule has 6 aliphatic rings. The van der Waals surface area contributed by atoms with Gasteiger partial charge in [0, 0.05) is 18.3 Å². The van der Waals surface area contributed by atoms with Crippen molar-refractivity contribution < 1.29 is 9.59 Å². The van der Waals surface area contributed by atoms with Crippen molar-refractivity contribution in [2.24, 2.45) is 11.3 Å². The number of nitrogens with zero attached hydrogens (tertiary/aromatic N) is 1. The van der Waals surface area contributed by atoms with E-state index in [0.717, 1.165) is 49.9 Å². The summed E-state index contributed by atoms with van der Waals surface area (Å²) in [6, 6.07) is 6.84. The quantitative estimate of drug-likeness (QED) is 0.664. The van der Waals surface area contributed by atoms with Crippen LogP contribution in [0.25, 0.3) is 0 Å². The summed E-state index contributed by atoms with van der Waals surface area (Å²) < 4.78 is 0. The number of carbonyl (C=O) groups excluding carboxylic acids is 2. The third-order valence-corrected chi connectivity index (χ3v) is 10.3. The van der Waals surface area contributed by atoms with E-state index in [1.54, 1.807) is 0 Å². The highest BCUT2D eigenvalue weighted by Gasteiger charge is 2.77. The molecule has 33 heavy (non-hydrogen) atoms. The van der Waals surface area contributed by atoms with E-state index in [4.69, 9.17) is 0 Å². The van der Waals surface area contributed by atoms with Gasteiger partial charge in [0.15, 0.2) is 0 Å². The largest absolute Gasteiger partial charge is 0.347 e. The van der Waals surface area contributed by atoms with E-state index >= 15 is 0 Å². The summed E-state index contributed by atoms with van der Waals surface area (Å²) in [5.41, 5.74) is 2.99. The van der Waals surface area contributed by atoms with Gasteiger partial charge in [-0.05, 0) is 81.8 Å². The standard InChI is InChI=1S/C28H37N3O2/c1-17(2)11-12-19-9-6-10-20-22(19)29-24(33)28(20)15-26-16-31-18(3)8-7-13-27(31,23(32)30-26)14-21(26)25(28,4)5/h6,9-11,18,21H,7-8,12-16H2,1-5H3,(H,29,33)(H,30,32). The number of piperidine rings is 3. The van der Waals surface area contributed by atoms with Crippen LogP contribution in [-0.4, -0.2) is 40.4 Å². The van der Waals surface area contributed by atoms with Crippen molar-refractivity contribution in [2.45, 2.75) is 95.7 Å². The fourth-order valence-corrected chi connectivity index (χ4v) is 8.60. The molecule has 4 saturated heterocycles. The molecule has 5 fully saturated rings. The van der Waals surface area contributed by atoms with Crippen LogP contribution >= 0.6 is 0 Å². The first-order chi connectivity index (χ1) is 15.6. The second-order valence-electron chi connectivity index (χ2n) is 12.4. The molecule has 1 aromatic rings. The molecule has 0 aromatic heterocycles. The van der Waals surface area contributed by atoms with Gasteiger partial charge in [0.25, 0.3) is 0 Å². The predicted octanol–water partition coefficient (Wildman–Crippen LogP) is 4.32. The predicted molar refractivity (Wildman–Crippen MR) is 130 cm³/mol. The van der Waals surface area contributed by atoms with Crippen LogP contribution in [0.4, 0.5) is 5.69 Å². The number of hydrogen-bond donors (Lipinski definition) is 2. The number of rotatable bonds is 2. The number of anilines is 1. The van der Waals surface area contributed by atoms with E-state index in [2.05, 4.69) is 74.4 Å². The summed E-state index contributed by atoms with van der Waals surface area (Å²) in [5, 5.41) is 6.87. The Bertz CT molecular complexity index is 1100. The second kappa shape index (κ2) is 6.50. The van der Waals surface area contributed by atoms with Crippen LogP contribution < -0.4 is 10.6 Å². The van der Waals surface area contributed by atoms with E-state index in [-0.39, 0.29) is 28.7 Å². The molecule has 5 atom stereocenters. The summed E-state index contributed by atoms with van der Waals surface area (Å²) in [6.07, 6.45) is 7.81. The van der Waals surface area contributed by atoms with Crippen molar-refractivity contribution in [3.63, 3.8) is 0 Å². The molecule has 2 N–H and O–H groups in total. The zero-order chi connectivity index (χ0) is 23.4. The third kappa shape index (κ3) is 2.42. The average molecular weight is 448 g/mol. The summed E-state index contributed by atoms with van der Waals surface area (Å²) in [7, 11) is 0. The molecule has 2 bridgehead atoms. The molecule has 1 aromatic carbocycles. The smallest absolute Gasteiger partial charge is 0.241 e. The molecule has 5 nitrogen and oxygen atoms in total. The topological polar surface area (TPSA) is 61.4 Å². The molecule has 1 saturated carbocycles. The normalized spacial score (nSPS) is 40.2. The number of benzene rings is 1. The van der Waals surface area contributed by atoms with Crippen molar-refractivity contribution in [3.05, 3.63) is 41.0 Å². The van der Waals surface area contributed by atoms with Gasteiger partial charge in [0.2, 0.25) is 11.8 Å². The number of hydrogen-bond acceptors (Lipinski definition) is 3. The van der Waals surface area contributed by atoms with Crippen LogP contribution in [0.1, 0.15) is 77.8 Å². The Morgan fingerprint density at radius 3 is 2.76 bits per heavy atom. The summed E-state index contributed by atoms with van der Waals surface area (Å²) >= 11 is 0. The molecule has 1 aliphatic carbocycles. The van der Waals surface area contributed by atoms with Crippen LogP contribution in [0.3, 0.4) is 0 Å². The Labute approximate surface area is 197 Å². The highest BCUT2D eigenvalue weighted by molar-refractivity contribution is 6.08. The first-order valence-electron chi connectivity index (χ1n) is 12.7. The molecule has 3 spiro atoms. The van der Waals surface area contributed by atoms with Crippen LogP contribution in [-0.2, 0) is 21.4 Å². The lowest BCUT2D eigenvalue weighted by Gasteiger charge is -2.65. The van der Waals surface area contributed by atoms with Gasteiger partial charge in [-0.1, -0.05) is 43.7 Å². The first kappa shape index (κ1) is 21.4. The Morgan fingerprint density at radius 2 is 2.00 bits per heavy atom. The van der Waals surface area contributed by atoms with Gasteiger partial charge in [0.1, 0.15) is 5.54 Å². The van der Waals surface area contributed by atoms with Crippen LogP contribution in [0.2, 0.25) is 0 Å². The van der Waals surface area contributed by atoms with E-state index in [1.807, 2.05) is 0 Å². The van der Waals surface area contributed by atoms with E-state index in [9.17, 15) is 9.59 Å². The molecule has 2 amide bonds. The first-order valence-corrected chi connectivity index (χ1v) is 12.7. The Balaban J connectivity index is 1.50. The summed E-state index contributed by atoms with van der Waals surface area (Å²) in [6.45, 7) is 12.0. The van der Waals surface area contributed by atoms with Gasteiger partial charge in [-0.15, -0.1) is 0 Å². The molecule has 7 rings (SSSR count). The lowest BCUT2D eigenvalue weighted by atomic mass is 9.56. The monoisotopic (exact) mass is 447 g/mol. The van der Waals surface area contributed by atoms with Gasteiger partial charge in [-0.3, -0.25) is 14.5 Å². The molecular weight excluding hydrogens is 410 g/mol. The molecule has 0 radical (unpaired) electrons. The minimum atomic E-state index is -0.620. The van der Waals surface area contributed by atoms with Crippen LogP contribution in [0.5, 0.6) is 0 Å². The number of piperazine rings is 1. The maximum Gasteiger partial charge on any atom is 0.241 e. The van der Waals surface area contributed by atoms with Crippen LogP contribution in [0.15, 0.2) is 29.8 Å². The van der Waals surface area contributed by atoms with Crippen molar-refractivity contribution in [3.8, 4) is 0 Å². The van der Waals surface area contributed by atoms with E-state index in [1.165, 1.54) is 11.1 Å². The van der Waals surface area contributed by atoms with Crippen molar-refractivity contribution >= 4 is 17.5 Å². The van der Waals surface area contributed by atoms with Crippen molar-refractivity contribution in [1.82, 2.24) is 10.2 Å². The zero-order valence-corrected chi connectivity index (χ0v) is 20.7. The van der Waals surface area contributed by atoms with E-state index in [0.29, 0.717) is 12.5 Å². The van der Waals surface area contributed by atoms with Gasteiger partial charge >= 0.3 is 0 Å². The molecular formula is C28H37N3O2. The second-order valence-corrected chi connectivity index (χ2v) is 12.4. The Kier molecular flexibility index (Phi) is 4.21. The summed E-state index contributed by atoms with van der Waals surface area (Å²) in [5.74, 6) is 0.611. The third-order valence-electron chi connectivity index (χ3n) is 10.3. The fraction of sp³-hybridized carbons (Fsp3) is 0.643. The maximum absolute atomic E-state index is 14.0.